The first-order valence-electron chi connectivity index (χ1n) is 10.0. The number of piperazine rings is 1. The molecule has 7 heteroatoms. The Balaban J connectivity index is 1.31. The summed E-state index contributed by atoms with van der Waals surface area (Å²) in [6.45, 7) is 5.90. The summed E-state index contributed by atoms with van der Waals surface area (Å²) in [5, 5.41) is 8.46. The second-order valence-electron chi connectivity index (χ2n) is 7.91. The maximum absolute atomic E-state index is 4.94. The number of rotatable bonds is 4. The van der Waals surface area contributed by atoms with E-state index in [1.54, 1.807) is 0 Å². The Morgan fingerprint density at radius 2 is 1.89 bits per heavy atom. The molecular formula is C20H27N7. The third-order valence-corrected chi connectivity index (χ3v) is 6.02. The molecule has 0 bridgehead atoms. The van der Waals surface area contributed by atoms with E-state index in [2.05, 4.69) is 52.5 Å². The molecular weight excluding hydrogens is 338 g/mol. The zero-order valence-corrected chi connectivity index (χ0v) is 15.9. The Bertz CT molecular complexity index is 820. The highest BCUT2D eigenvalue weighted by atomic mass is 15.5. The Morgan fingerprint density at radius 3 is 2.70 bits per heavy atom. The van der Waals surface area contributed by atoms with Crippen LogP contribution in [-0.4, -0.2) is 64.6 Å². The molecule has 5 rings (SSSR count). The minimum Gasteiger partial charge on any atom is -0.337 e. The van der Waals surface area contributed by atoms with Crippen LogP contribution < -0.4 is 10.2 Å². The highest BCUT2D eigenvalue weighted by molar-refractivity contribution is 5.95. The Kier molecular flexibility index (Phi) is 4.41. The van der Waals surface area contributed by atoms with Crippen molar-refractivity contribution in [1.82, 2.24) is 25.0 Å². The van der Waals surface area contributed by atoms with Crippen molar-refractivity contribution in [3.8, 4) is 0 Å². The van der Waals surface area contributed by atoms with Crippen LogP contribution in [0.1, 0.15) is 18.4 Å². The molecule has 2 aromatic rings. The number of aromatic nitrogens is 3. The minimum absolute atomic E-state index is 0.354. The topological polar surface area (TPSA) is 61.6 Å². The molecule has 0 amide bonds. The molecule has 3 heterocycles. The van der Waals surface area contributed by atoms with Gasteiger partial charge in [0.25, 0.3) is 0 Å². The quantitative estimate of drug-likeness (QED) is 0.893. The van der Waals surface area contributed by atoms with Crippen LogP contribution in [0.4, 0.5) is 11.9 Å². The van der Waals surface area contributed by atoms with Crippen LogP contribution in [0.5, 0.6) is 0 Å². The van der Waals surface area contributed by atoms with Crippen molar-refractivity contribution in [3.63, 3.8) is 0 Å². The first-order valence-corrected chi connectivity index (χ1v) is 10.0. The van der Waals surface area contributed by atoms with Crippen molar-refractivity contribution < 1.29 is 0 Å². The normalized spacial score (nSPS) is 25.2. The summed E-state index contributed by atoms with van der Waals surface area (Å²) in [7, 11) is 2.17. The summed E-state index contributed by atoms with van der Waals surface area (Å²) < 4.78 is 2.02. The average Bonchev–Trinajstić information content (AvgIpc) is 3.29. The first-order chi connectivity index (χ1) is 13.3. The van der Waals surface area contributed by atoms with Gasteiger partial charge in [-0.1, -0.05) is 30.3 Å². The summed E-state index contributed by atoms with van der Waals surface area (Å²) >= 11 is 0. The fourth-order valence-corrected chi connectivity index (χ4v) is 4.34. The second kappa shape index (κ2) is 7.05. The van der Waals surface area contributed by atoms with Gasteiger partial charge in [-0.2, -0.15) is 4.98 Å². The molecule has 27 heavy (non-hydrogen) atoms. The minimum atomic E-state index is 0.354. The number of hydrogen-bond acceptors (Lipinski definition) is 6. The average molecular weight is 365 g/mol. The lowest BCUT2D eigenvalue weighted by Crippen LogP contribution is -2.45. The first kappa shape index (κ1) is 16.9. The standard InChI is InChI=1S/C20H27N7/c1-25-9-11-26(12-10-25)20-23-19-22-18-16(14-27(19)24-20)7-8-17(18)21-13-15-5-3-2-4-6-15/h2-6,16-17,21H,7-14H2,1H3. The van der Waals surface area contributed by atoms with Gasteiger partial charge in [-0.15, -0.1) is 5.10 Å². The van der Waals surface area contributed by atoms with E-state index in [1.807, 2.05) is 4.68 Å². The van der Waals surface area contributed by atoms with Gasteiger partial charge in [0, 0.05) is 50.4 Å². The Hall–Kier alpha value is -2.25. The molecule has 142 valence electrons. The monoisotopic (exact) mass is 365 g/mol. The maximum atomic E-state index is 4.94. The molecule has 2 unspecified atom stereocenters. The summed E-state index contributed by atoms with van der Waals surface area (Å²) in [4.78, 5) is 14.3. The summed E-state index contributed by atoms with van der Waals surface area (Å²) in [6, 6.07) is 10.9. The van der Waals surface area contributed by atoms with Crippen LogP contribution in [0.25, 0.3) is 0 Å². The largest absolute Gasteiger partial charge is 0.337 e. The van der Waals surface area contributed by atoms with Gasteiger partial charge in [0.2, 0.25) is 11.9 Å². The Labute approximate surface area is 160 Å². The maximum Gasteiger partial charge on any atom is 0.249 e. The van der Waals surface area contributed by atoms with Crippen molar-refractivity contribution in [3.05, 3.63) is 35.9 Å². The van der Waals surface area contributed by atoms with Crippen LogP contribution in [0.2, 0.25) is 0 Å². The number of hydrogen-bond donors (Lipinski definition) is 1. The van der Waals surface area contributed by atoms with Gasteiger partial charge < -0.3 is 15.1 Å². The number of benzene rings is 1. The van der Waals surface area contributed by atoms with E-state index in [0.29, 0.717) is 12.0 Å². The van der Waals surface area contributed by atoms with E-state index in [0.717, 1.165) is 57.6 Å². The number of aliphatic imine (C=N–C) groups is 1. The SMILES string of the molecule is CN1CCN(c2nc3n(n2)CC2CCC(NCc4ccccc4)C2=N3)CC1. The molecule has 1 saturated heterocycles. The fraction of sp³-hybridized carbons (Fsp3) is 0.550. The number of nitrogens with zero attached hydrogens (tertiary/aromatic N) is 6. The lowest BCUT2D eigenvalue weighted by molar-refractivity contribution is 0.311. The number of anilines is 1. The number of nitrogens with one attached hydrogen (secondary N) is 1. The third-order valence-electron chi connectivity index (χ3n) is 6.02. The lowest BCUT2D eigenvalue weighted by Gasteiger charge is -2.31. The number of fused-ring (bicyclic) bond motifs is 2. The third kappa shape index (κ3) is 3.37. The Morgan fingerprint density at radius 1 is 1.07 bits per heavy atom. The van der Waals surface area contributed by atoms with E-state index in [4.69, 9.17) is 15.1 Å². The van der Waals surface area contributed by atoms with Gasteiger partial charge in [0.15, 0.2) is 0 Å². The van der Waals surface area contributed by atoms with Crippen LogP contribution in [0.15, 0.2) is 35.3 Å². The van der Waals surface area contributed by atoms with Crippen molar-refractivity contribution in [2.24, 2.45) is 10.9 Å². The zero-order valence-electron chi connectivity index (χ0n) is 15.9. The summed E-state index contributed by atoms with van der Waals surface area (Å²) in [5.74, 6) is 2.12. The van der Waals surface area contributed by atoms with Crippen LogP contribution in [-0.2, 0) is 13.1 Å². The van der Waals surface area contributed by atoms with Crippen molar-refractivity contribution >= 4 is 17.6 Å². The highest BCUT2D eigenvalue weighted by Gasteiger charge is 2.36. The van der Waals surface area contributed by atoms with E-state index in [-0.39, 0.29) is 0 Å². The van der Waals surface area contributed by atoms with Gasteiger partial charge >= 0.3 is 0 Å². The van der Waals surface area contributed by atoms with Gasteiger partial charge in [-0.25, -0.2) is 9.67 Å². The summed E-state index contributed by atoms with van der Waals surface area (Å²) in [6.07, 6.45) is 2.32. The molecule has 1 aromatic heterocycles. The van der Waals surface area contributed by atoms with Gasteiger partial charge in [-0.3, -0.25) is 0 Å². The molecule has 1 saturated carbocycles. The fourth-order valence-electron chi connectivity index (χ4n) is 4.34. The van der Waals surface area contributed by atoms with Crippen LogP contribution >= 0.6 is 0 Å². The smallest absolute Gasteiger partial charge is 0.249 e. The molecule has 1 N–H and O–H groups in total. The van der Waals surface area contributed by atoms with E-state index in [9.17, 15) is 0 Å². The number of likely N-dealkylation sites (N-methyl/N-ethyl adjacent to an activating group) is 1. The van der Waals surface area contributed by atoms with E-state index in [1.165, 1.54) is 17.7 Å². The molecule has 7 nitrogen and oxygen atoms in total. The molecule has 1 aliphatic carbocycles. The molecule has 1 aromatic carbocycles. The van der Waals surface area contributed by atoms with Gasteiger partial charge in [-0.05, 0) is 25.5 Å². The van der Waals surface area contributed by atoms with E-state index >= 15 is 0 Å². The predicted octanol–water partition coefficient (Wildman–Crippen LogP) is 1.68. The lowest BCUT2D eigenvalue weighted by atomic mass is 10.0. The summed E-state index contributed by atoms with van der Waals surface area (Å²) in [5.41, 5.74) is 2.59. The van der Waals surface area contributed by atoms with Crippen molar-refractivity contribution in [1.29, 1.82) is 0 Å². The molecule has 3 aliphatic rings. The zero-order chi connectivity index (χ0) is 18.2. The van der Waals surface area contributed by atoms with Gasteiger partial charge in [0.05, 0.1) is 6.54 Å². The van der Waals surface area contributed by atoms with Crippen LogP contribution in [0.3, 0.4) is 0 Å². The predicted molar refractivity (Wildman–Crippen MR) is 107 cm³/mol. The molecule has 2 atom stereocenters. The highest BCUT2D eigenvalue weighted by Crippen LogP contribution is 2.33. The molecule has 2 aliphatic heterocycles. The van der Waals surface area contributed by atoms with Crippen molar-refractivity contribution in [2.75, 3.05) is 38.1 Å². The van der Waals surface area contributed by atoms with E-state index < -0.39 is 0 Å². The molecule has 0 spiro atoms. The molecule has 0 radical (unpaired) electrons. The second-order valence-corrected chi connectivity index (χ2v) is 7.91. The molecule has 2 fully saturated rings. The van der Waals surface area contributed by atoms with Gasteiger partial charge in [0.1, 0.15) is 0 Å². The van der Waals surface area contributed by atoms with Crippen molar-refractivity contribution in [2.45, 2.75) is 32.0 Å². The van der Waals surface area contributed by atoms with Crippen LogP contribution in [0, 0.1) is 5.92 Å².